The van der Waals surface area contributed by atoms with E-state index in [1.165, 1.54) is 30.3 Å². The minimum absolute atomic E-state index is 0.00789. The summed E-state index contributed by atoms with van der Waals surface area (Å²) in [5.41, 5.74) is -0.165. The first-order valence-corrected chi connectivity index (χ1v) is 15.4. The quantitative estimate of drug-likeness (QED) is 0.252. The van der Waals surface area contributed by atoms with E-state index in [0.29, 0.717) is 54.7 Å². The lowest BCUT2D eigenvalue weighted by Crippen LogP contribution is -2.38. The Balaban J connectivity index is 1.41. The highest BCUT2D eigenvalue weighted by atomic mass is 19.1. The fraction of sp³-hybridized carbons (Fsp3) is 0.471. The van der Waals surface area contributed by atoms with Gasteiger partial charge in [0.2, 0.25) is 0 Å². The first kappa shape index (κ1) is 29.1. The van der Waals surface area contributed by atoms with E-state index in [4.69, 9.17) is 9.72 Å². The summed E-state index contributed by atoms with van der Waals surface area (Å²) in [6, 6.07) is 6.77. The molecule has 0 radical (unpaired) electrons. The predicted octanol–water partition coefficient (Wildman–Crippen LogP) is 6.06. The second-order valence-electron chi connectivity index (χ2n) is 13.3. The standard InChI is InChI=1S/C34H37F3N4O3/c1-4-22-25(35)6-5-19-11-21(42)12-23(28(19)22)29-26(36)13-24-31(30(29)37)38-33(44-17-34(7-8-34)16-40(2)3)39-32(24)41-14-18-9-20(15-41)27(43)10-18/h5-6,11-13,18,20,27,42-43H,4,7-10,14-17H2,1-3H3/t18-,20-,27-/m1/s1. The Bertz CT molecular complexity index is 1780. The normalized spacial score (nSPS) is 22.4. The lowest BCUT2D eigenvalue weighted by molar-refractivity contribution is 0.137. The zero-order chi connectivity index (χ0) is 30.9. The number of phenols is 1. The Morgan fingerprint density at radius 3 is 2.55 bits per heavy atom. The monoisotopic (exact) mass is 606 g/mol. The Kier molecular flexibility index (Phi) is 7.12. The van der Waals surface area contributed by atoms with E-state index < -0.39 is 29.1 Å². The van der Waals surface area contributed by atoms with E-state index in [-0.39, 0.29) is 45.5 Å². The van der Waals surface area contributed by atoms with Crippen LogP contribution in [-0.4, -0.2) is 71.5 Å². The number of aromatic nitrogens is 2. The van der Waals surface area contributed by atoms with Crippen molar-refractivity contribution in [3.05, 3.63) is 53.3 Å². The maximum atomic E-state index is 16.8. The summed E-state index contributed by atoms with van der Waals surface area (Å²) in [5.74, 6) is -1.80. The molecule has 3 aliphatic rings. The molecule has 2 aliphatic carbocycles. The molecule has 232 valence electrons. The predicted molar refractivity (Wildman–Crippen MR) is 164 cm³/mol. The van der Waals surface area contributed by atoms with E-state index in [1.54, 1.807) is 6.92 Å². The summed E-state index contributed by atoms with van der Waals surface area (Å²) in [7, 11) is 4.02. The van der Waals surface area contributed by atoms with Gasteiger partial charge in [-0.25, -0.2) is 13.2 Å². The van der Waals surface area contributed by atoms with Crippen LogP contribution in [0.25, 0.3) is 32.8 Å². The van der Waals surface area contributed by atoms with E-state index in [9.17, 15) is 14.6 Å². The van der Waals surface area contributed by atoms with Gasteiger partial charge in [0.1, 0.15) is 28.7 Å². The van der Waals surface area contributed by atoms with E-state index in [2.05, 4.69) is 9.88 Å². The summed E-state index contributed by atoms with van der Waals surface area (Å²) in [6.07, 6.45) is 3.48. The van der Waals surface area contributed by atoms with Crippen LogP contribution in [0.15, 0.2) is 30.3 Å². The number of aliphatic hydroxyl groups excluding tert-OH is 1. The summed E-state index contributed by atoms with van der Waals surface area (Å²) < 4.78 is 54.1. The maximum Gasteiger partial charge on any atom is 0.319 e. The number of phenolic OH excluding ortho intramolecular Hbond substituents is 1. The van der Waals surface area contributed by atoms with Crippen molar-refractivity contribution >= 4 is 27.5 Å². The average Bonchev–Trinajstić information content (AvgIpc) is 3.68. The molecule has 2 bridgehead atoms. The molecule has 7 nitrogen and oxygen atoms in total. The largest absolute Gasteiger partial charge is 0.508 e. The van der Waals surface area contributed by atoms with Gasteiger partial charge in [-0.05, 0) is 98.3 Å². The van der Waals surface area contributed by atoms with Crippen molar-refractivity contribution in [1.29, 1.82) is 0 Å². The molecular formula is C34H37F3N4O3. The number of hydrogen-bond donors (Lipinski definition) is 2. The van der Waals surface area contributed by atoms with Gasteiger partial charge in [-0.15, -0.1) is 0 Å². The van der Waals surface area contributed by atoms with Gasteiger partial charge in [0.25, 0.3) is 0 Å². The highest BCUT2D eigenvalue weighted by Crippen LogP contribution is 2.47. The minimum Gasteiger partial charge on any atom is -0.508 e. The molecule has 7 rings (SSSR count). The van der Waals surface area contributed by atoms with Gasteiger partial charge >= 0.3 is 6.01 Å². The molecule has 2 heterocycles. The molecule has 0 unspecified atom stereocenters. The van der Waals surface area contributed by atoms with Crippen LogP contribution < -0.4 is 9.64 Å². The van der Waals surface area contributed by atoms with Crippen molar-refractivity contribution in [2.75, 3.05) is 45.2 Å². The van der Waals surface area contributed by atoms with Gasteiger partial charge in [-0.3, -0.25) is 0 Å². The van der Waals surface area contributed by atoms with Crippen molar-refractivity contribution < 1.29 is 28.1 Å². The molecule has 2 saturated carbocycles. The number of nitrogens with zero attached hydrogens (tertiary/aromatic N) is 4. The number of aromatic hydroxyl groups is 1. The van der Waals surface area contributed by atoms with Crippen LogP contribution in [0, 0.1) is 34.7 Å². The third kappa shape index (κ3) is 5.01. The number of rotatable bonds is 8. The second-order valence-corrected chi connectivity index (χ2v) is 13.3. The lowest BCUT2D eigenvalue weighted by atomic mass is 9.91. The molecule has 1 aromatic heterocycles. The smallest absolute Gasteiger partial charge is 0.319 e. The molecule has 10 heteroatoms. The Morgan fingerprint density at radius 2 is 1.84 bits per heavy atom. The first-order valence-electron chi connectivity index (χ1n) is 15.4. The summed E-state index contributed by atoms with van der Waals surface area (Å²) >= 11 is 0. The van der Waals surface area contributed by atoms with Gasteiger partial charge in [-0.2, -0.15) is 9.97 Å². The number of hydrogen-bond acceptors (Lipinski definition) is 7. The second kappa shape index (κ2) is 10.8. The SMILES string of the molecule is CCc1c(F)ccc2cc(O)cc(-c3c(F)cc4c(N5C[C@@H]6C[C@H](C5)[C@H](O)C6)nc(OCC5(CN(C)C)CC5)nc4c3F)c12. The minimum atomic E-state index is -0.929. The first-order chi connectivity index (χ1) is 21.1. The number of aryl methyl sites for hydroxylation is 1. The topological polar surface area (TPSA) is 82.0 Å². The number of aliphatic hydroxyl groups is 1. The number of ether oxygens (including phenoxy) is 1. The number of fused-ring (bicyclic) bond motifs is 4. The average molecular weight is 607 g/mol. The molecule has 3 aromatic carbocycles. The third-order valence-electron chi connectivity index (χ3n) is 9.72. The Hall–Kier alpha value is -3.63. The van der Waals surface area contributed by atoms with Crippen LogP contribution in [-0.2, 0) is 6.42 Å². The molecule has 1 saturated heterocycles. The number of anilines is 1. The number of benzene rings is 3. The summed E-state index contributed by atoms with van der Waals surface area (Å²) in [6.45, 7) is 4.09. The number of halogens is 3. The van der Waals surface area contributed by atoms with Crippen LogP contribution in [0.3, 0.4) is 0 Å². The van der Waals surface area contributed by atoms with Gasteiger partial charge in [0.05, 0.1) is 18.3 Å². The third-order valence-corrected chi connectivity index (χ3v) is 9.72. The highest BCUT2D eigenvalue weighted by molar-refractivity contribution is 6.03. The van der Waals surface area contributed by atoms with E-state index in [1.807, 2.05) is 19.0 Å². The van der Waals surface area contributed by atoms with Gasteiger partial charge in [0, 0.05) is 36.4 Å². The van der Waals surface area contributed by atoms with Gasteiger partial charge in [0.15, 0.2) is 5.82 Å². The molecular weight excluding hydrogens is 569 g/mol. The zero-order valence-corrected chi connectivity index (χ0v) is 25.2. The number of piperidine rings is 1. The van der Waals surface area contributed by atoms with Crippen LogP contribution in [0.2, 0.25) is 0 Å². The van der Waals surface area contributed by atoms with E-state index in [0.717, 1.165) is 25.8 Å². The molecule has 3 fully saturated rings. The molecule has 3 atom stereocenters. The lowest BCUT2D eigenvalue weighted by Gasteiger charge is -2.33. The van der Waals surface area contributed by atoms with Crippen molar-refractivity contribution in [3.8, 4) is 22.9 Å². The fourth-order valence-corrected chi connectivity index (χ4v) is 7.57. The summed E-state index contributed by atoms with van der Waals surface area (Å²) in [4.78, 5) is 13.3. The van der Waals surface area contributed by atoms with Gasteiger partial charge < -0.3 is 24.7 Å². The highest BCUT2D eigenvalue weighted by Gasteiger charge is 2.44. The molecule has 2 N–H and O–H groups in total. The molecule has 1 aliphatic heterocycles. The maximum absolute atomic E-state index is 16.8. The zero-order valence-electron chi connectivity index (χ0n) is 25.2. The molecule has 0 amide bonds. The van der Waals surface area contributed by atoms with Gasteiger partial charge in [-0.1, -0.05) is 13.0 Å². The fourth-order valence-electron chi connectivity index (χ4n) is 7.57. The van der Waals surface area contributed by atoms with E-state index >= 15 is 8.78 Å². The molecule has 0 spiro atoms. The van der Waals surface area contributed by atoms with Crippen LogP contribution >= 0.6 is 0 Å². The molecule has 44 heavy (non-hydrogen) atoms. The Morgan fingerprint density at radius 1 is 1.05 bits per heavy atom. The molecule has 4 aromatic rings. The van der Waals surface area contributed by atoms with Crippen molar-refractivity contribution in [2.24, 2.45) is 17.3 Å². The summed E-state index contributed by atoms with van der Waals surface area (Å²) in [5, 5.41) is 22.1. The van der Waals surface area contributed by atoms with Crippen molar-refractivity contribution in [1.82, 2.24) is 14.9 Å². The van der Waals surface area contributed by atoms with Crippen LogP contribution in [0.5, 0.6) is 11.8 Å². The van der Waals surface area contributed by atoms with Crippen molar-refractivity contribution in [2.45, 2.75) is 45.1 Å². The van der Waals surface area contributed by atoms with Crippen LogP contribution in [0.4, 0.5) is 19.0 Å². The Labute approximate surface area is 254 Å². The van der Waals surface area contributed by atoms with Crippen molar-refractivity contribution in [3.63, 3.8) is 0 Å². The van der Waals surface area contributed by atoms with Crippen LogP contribution in [0.1, 0.15) is 38.2 Å².